The van der Waals surface area contributed by atoms with Gasteiger partial charge in [0.25, 0.3) is 0 Å². The second-order valence-corrected chi connectivity index (χ2v) is 15.8. The maximum absolute atomic E-state index is 13.5. The van der Waals surface area contributed by atoms with Gasteiger partial charge >= 0.3 is 0 Å². The molecule has 8 rings (SSSR count). The van der Waals surface area contributed by atoms with Crippen molar-refractivity contribution in [3.8, 4) is 69.3 Å². The summed E-state index contributed by atoms with van der Waals surface area (Å²) < 4.78 is 53.8. The molecule has 8 nitrogen and oxygen atoms in total. The van der Waals surface area contributed by atoms with Crippen LogP contribution in [0.1, 0.15) is 84.5 Å². The van der Waals surface area contributed by atoms with Crippen LogP contribution in [0.3, 0.4) is 0 Å². The number of aryl methyl sites for hydroxylation is 4. The van der Waals surface area contributed by atoms with Crippen molar-refractivity contribution in [3.05, 3.63) is 214 Å². The van der Waals surface area contributed by atoms with E-state index in [1.54, 1.807) is 54.9 Å². The van der Waals surface area contributed by atoms with Crippen molar-refractivity contribution in [2.24, 2.45) is 0 Å². The van der Waals surface area contributed by atoms with E-state index < -0.39 is 23.3 Å². The number of hydrogen-bond acceptors (Lipinski definition) is 8. The molecule has 0 amide bonds. The van der Waals surface area contributed by atoms with Crippen LogP contribution in [-0.2, 0) is 19.3 Å². The summed E-state index contributed by atoms with van der Waals surface area (Å²) in [5.74, 6) is -2.03. The largest absolute Gasteiger partial charge is 0.256 e. The van der Waals surface area contributed by atoms with Crippen molar-refractivity contribution in [3.63, 3.8) is 0 Å². The molecule has 70 heavy (non-hydrogen) atoms. The van der Waals surface area contributed by atoms with Crippen LogP contribution in [0.2, 0.25) is 0 Å². The molecule has 0 aliphatic heterocycles. The third-order valence-corrected chi connectivity index (χ3v) is 10.7. The second-order valence-electron chi connectivity index (χ2n) is 15.8. The van der Waals surface area contributed by atoms with Gasteiger partial charge in [0, 0.05) is 47.0 Å². The van der Waals surface area contributed by atoms with Gasteiger partial charge in [0.1, 0.15) is 47.5 Å². The maximum Gasteiger partial charge on any atom is 0.141 e. The summed E-state index contributed by atoms with van der Waals surface area (Å²) in [7, 11) is 0. The fraction of sp³-hybridized carbons (Fsp3) is 0.172. The number of halogens is 4. The van der Waals surface area contributed by atoms with Crippen LogP contribution in [0, 0.1) is 75.5 Å². The molecule has 0 radical (unpaired) electrons. The summed E-state index contributed by atoms with van der Waals surface area (Å²) in [5.41, 5.74) is 10.4. The standard InChI is InChI=1S/C16H15FN2.C15H13FN2.C14H11FN2.C13H9FN2/c1-2-3-4-12-5-8-16(19-11-12)13-6-7-14(10-18)15(17)9-13;1-2-3-11-4-7-15(18-10-11)12-5-6-13(9-17)14(16)8-12;1-2-10-3-6-14(17-9-10)11-4-5-12(8-16)13(15)7-11;1-9-2-5-13(16-8-9)10-3-4-11(7-15)12(14)6-10/h5-9,11H,2-4H2,1H3;4-8,10H,2-3H2,1H3;3-7,9H,2H2,1H3;2-6,8H,1H3. The monoisotopic (exact) mass is 932 g/mol. The minimum absolute atomic E-state index is 0.0517. The van der Waals surface area contributed by atoms with Crippen molar-refractivity contribution >= 4 is 0 Å². The molecule has 12 heteroatoms. The number of unbranched alkanes of at least 4 members (excludes halogenated alkanes) is 1. The van der Waals surface area contributed by atoms with E-state index in [9.17, 15) is 17.6 Å². The lowest BCUT2D eigenvalue weighted by Crippen LogP contribution is -1.90. The number of benzene rings is 4. The van der Waals surface area contributed by atoms with Gasteiger partial charge in [0.15, 0.2) is 0 Å². The molecule has 0 aliphatic carbocycles. The Hall–Kier alpha value is -8.84. The van der Waals surface area contributed by atoms with Crippen LogP contribution in [0.25, 0.3) is 45.0 Å². The van der Waals surface area contributed by atoms with Gasteiger partial charge in [-0.05, 0) is 128 Å². The third-order valence-electron chi connectivity index (χ3n) is 10.7. The molecular formula is C58H48F4N8. The third kappa shape index (κ3) is 14.8. The lowest BCUT2D eigenvalue weighted by Gasteiger charge is -2.04. The molecule has 0 bridgehead atoms. The molecule has 0 spiro atoms. The topological polar surface area (TPSA) is 147 Å². The highest BCUT2D eigenvalue weighted by Gasteiger charge is 2.09. The summed E-state index contributed by atoms with van der Waals surface area (Å²) in [6.07, 6.45) is 13.5. The molecule has 0 fully saturated rings. The van der Waals surface area contributed by atoms with Gasteiger partial charge in [-0.25, -0.2) is 17.6 Å². The summed E-state index contributed by atoms with van der Waals surface area (Å²) >= 11 is 0. The average molecular weight is 933 g/mol. The Morgan fingerprint density at radius 1 is 0.386 bits per heavy atom. The molecule has 0 unspecified atom stereocenters. The van der Waals surface area contributed by atoms with E-state index in [2.05, 4.69) is 40.7 Å². The predicted octanol–water partition coefficient (Wildman–Crippen LogP) is 14.2. The fourth-order valence-corrected chi connectivity index (χ4v) is 6.66. The van der Waals surface area contributed by atoms with E-state index in [1.807, 2.05) is 73.9 Å². The minimum atomic E-state index is -0.512. The quantitative estimate of drug-likeness (QED) is 0.123. The Bertz CT molecular complexity index is 3160. The molecule has 0 aliphatic rings. The number of nitriles is 4. The lowest BCUT2D eigenvalue weighted by atomic mass is 10.1. The zero-order chi connectivity index (χ0) is 50.4. The highest BCUT2D eigenvalue weighted by molar-refractivity contribution is 5.63. The van der Waals surface area contributed by atoms with Crippen molar-refractivity contribution in [2.45, 2.75) is 66.2 Å². The Balaban J connectivity index is 0.000000174. The molecular weight excluding hydrogens is 885 g/mol. The van der Waals surface area contributed by atoms with E-state index in [0.717, 1.165) is 61.0 Å². The van der Waals surface area contributed by atoms with Crippen LogP contribution >= 0.6 is 0 Å². The highest BCUT2D eigenvalue weighted by Crippen LogP contribution is 2.24. The smallest absolute Gasteiger partial charge is 0.141 e. The van der Waals surface area contributed by atoms with Gasteiger partial charge in [-0.2, -0.15) is 21.0 Å². The molecule has 8 aromatic rings. The first kappa shape index (κ1) is 52.1. The van der Waals surface area contributed by atoms with Crippen molar-refractivity contribution < 1.29 is 17.6 Å². The SMILES string of the molecule is CCCCc1ccc(-c2ccc(C#N)c(F)c2)nc1.CCCc1ccc(-c2ccc(C#N)c(F)c2)nc1.CCc1ccc(-c2ccc(C#N)c(F)c2)nc1.Cc1ccc(-c2ccc(C#N)c(F)c2)nc1. The first-order valence-corrected chi connectivity index (χ1v) is 22.5. The van der Waals surface area contributed by atoms with E-state index in [0.29, 0.717) is 33.6 Å². The second kappa shape index (κ2) is 26.5. The number of pyridine rings is 4. The first-order valence-electron chi connectivity index (χ1n) is 22.5. The minimum Gasteiger partial charge on any atom is -0.256 e. The summed E-state index contributed by atoms with van der Waals surface area (Å²) in [6.45, 7) is 8.26. The Morgan fingerprint density at radius 2 is 0.714 bits per heavy atom. The van der Waals surface area contributed by atoms with Crippen LogP contribution in [-0.4, -0.2) is 19.9 Å². The van der Waals surface area contributed by atoms with Crippen molar-refractivity contribution in [2.75, 3.05) is 0 Å². The Labute approximate surface area is 406 Å². The molecule has 348 valence electrons. The van der Waals surface area contributed by atoms with Crippen molar-refractivity contribution in [1.82, 2.24) is 19.9 Å². The van der Waals surface area contributed by atoms with Crippen LogP contribution in [0.15, 0.2) is 146 Å². The molecule has 4 heterocycles. The molecule has 4 aromatic heterocycles. The number of aromatic nitrogens is 4. The van der Waals surface area contributed by atoms with Gasteiger partial charge in [-0.3, -0.25) is 19.9 Å². The summed E-state index contributed by atoms with van der Waals surface area (Å²) in [4.78, 5) is 17.1. The van der Waals surface area contributed by atoms with Crippen molar-refractivity contribution in [1.29, 1.82) is 21.0 Å². The summed E-state index contributed by atoms with van der Waals surface area (Å²) in [5, 5.41) is 34.6. The number of nitrogens with zero attached hydrogens (tertiary/aromatic N) is 8. The van der Waals surface area contributed by atoms with Gasteiger partial charge in [-0.1, -0.05) is 82.1 Å². The maximum atomic E-state index is 13.5. The number of rotatable bonds is 10. The molecule has 0 N–H and O–H groups in total. The normalized spacial score (nSPS) is 10.0. The van der Waals surface area contributed by atoms with E-state index in [-0.39, 0.29) is 22.3 Å². The van der Waals surface area contributed by atoms with Gasteiger partial charge in [-0.15, -0.1) is 0 Å². The fourth-order valence-electron chi connectivity index (χ4n) is 6.66. The summed E-state index contributed by atoms with van der Waals surface area (Å²) in [6, 6.07) is 40.7. The highest BCUT2D eigenvalue weighted by atomic mass is 19.1. The number of hydrogen-bond donors (Lipinski definition) is 0. The lowest BCUT2D eigenvalue weighted by molar-refractivity contribution is 0.624. The predicted molar refractivity (Wildman–Crippen MR) is 264 cm³/mol. The van der Waals surface area contributed by atoms with E-state index in [4.69, 9.17) is 21.0 Å². The molecule has 0 atom stereocenters. The molecule has 4 aromatic carbocycles. The Morgan fingerprint density at radius 3 is 0.971 bits per heavy atom. The molecule has 0 saturated heterocycles. The van der Waals surface area contributed by atoms with Gasteiger partial charge in [0.05, 0.1) is 45.0 Å². The van der Waals surface area contributed by atoms with E-state index in [1.165, 1.54) is 59.7 Å². The molecule has 0 saturated carbocycles. The average Bonchev–Trinajstić information content (AvgIpc) is 3.39. The van der Waals surface area contributed by atoms with Crippen LogP contribution in [0.4, 0.5) is 17.6 Å². The Kier molecular flexibility index (Phi) is 19.7. The zero-order valence-electron chi connectivity index (χ0n) is 39.2. The van der Waals surface area contributed by atoms with Crippen LogP contribution < -0.4 is 0 Å². The first-order chi connectivity index (χ1) is 33.9. The van der Waals surface area contributed by atoms with Gasteiger partial charge in [0.2, 0.25) is 0 Å². The zero-order valence-corrected chi connectivity index (χ0v) is 39.2. The van der Waals surface area contributed by atoms with E-state index >= 15 is 0 Å². The van der Waals surface area contributed by atoms with Gasteiger partial charge < -0.3 is 0 Å². The van der Waals surface area contributed by atoms with Crippen LogP contribution in [0.5, 0.6) is 0 Å².